The zero-order valence-corrected chi connectivity index (χ0v) is 28.0. The van der Waals surface area contributed by atoms with Crippen molar-refractivity contribution < 1.29 is 32.9 Å². The summed E-state index contributed by atoms with van der Waals surface area (Å²) in [4.78, 5) is 38.8. The molecule has 14 heteroatoms. The number of hydrogen-bond donors (Lipinski definition) is 2. The van der Waals surface area contributed by atoms with Gasteiger partial charge in [-0.05, 0) is 46.6 Å². The first kappa shape index (κ1) is 36.1. The summed E-state index contributed by atoms with van der Waals surface area (Å²) in [5.74, 6) is -1.02. The number of rotatable bonds is 19. The Morgan fingerprint density at radius 3 is 2.49 bits per heavy atom. The van der Waals surface area contributed by atoms with E-state index in [1.165, 1.54) is 6.33 Å². The van der Waals surface area contributed by atoms with E-state index < -0.39 is 49.7 Å². The van der Waals surface area contributed by atoms with Gasteiger partial charge in [0.05, 0.1) is 31.7 Å². The van der Waals surface area contributed by atoms with E-state index in [9.17, 15) is 14.2 Å². The summed E-state index contributed by atoms with van der Waals surface area (Å²) in [6.45, 7) is 11.0. The van der Waals surface area contributed by atoms with E-state index in [-0.39, 0.29) is 18.8 Å². The van der Waals surface area contributed by atoms with Crippen LogP contribution in [0, 0.1) is 0 Å². The molecule has 0 amide bonds. The fourth-order valence-electron chi connectivity index (χ4n) is 4.53. The molecule has 2 aromatic heterocycles. The van der Waals surface area contributed by atoms with Crippen LogP contribution >= 0.6 is 7.52 Å². The van der Waals surface area contributed by atoms with Gasteiger partial charge < -0.3 is 29.0 Å². The second-order valence-electron chi connectivity index (χ2n) is 11.8. The van der Waals surface area contributed by atoms with Crippen LogP contribution in [-0.2, 0) is 45.9 Å². The van der Waals surface area contributed by atoms with E-state index in [1.807, 2.05) is 30.3 Å². The highest BCUT2D eigenvalue weighted by Crippen LogP contribution is 2.47. The summed E-state index contributed by atoms with van der Waals surface area (Å²) in [5.41, 5.74) is 6.25. The average molecular weight is 647 g/mol. The molecule has 3 unspecified atom stereocenters. The van der Waals surface area contributed by atoms with Crippen LogP contribution < -0.4 is 10.8 Å². The molecule has 0 aliphatic rings. The number of imidazole rings is 1. The molecule has 0 radical (unpaired) electrons. The average Bonchev–Trinajstić information content (AvgIpc) is 3.39. The molecule has 3 N–H and O–H groups in total. The molecule has 248 valence electrons. The minimum Gasteiger partial charge on any atom is -0.464 e. The van der Waals surface area contributed by atoms with Crippen molar-refractivity contribution in [2.75, 3.05) is 18.7 Å². The van der Waals surface area contributed by atoms with Crippen LogP contribution in [0.15, 0.2) is 43.0 Å². The molecule has 13 nitrogen and oxygen atoms in total. The lowest BCUT2D eigenvalue weighted by Crippen LogP contribution is -2.48. The topological polar surface area (TPSA) is 170 Å². The number of nitrogen functional groups attached to an aromatic ring is 1. The van der Waals surface area contributed by atoms with Crippen molar-refractivity contribution >= 4 is 36.4 Å². The van der Waals surface area contributed by atoms with E-state index in [1.54, 1.807) is 45.5 Å². The lowest BCUT2D eigenvalue weighted by Gasteiger charge is -2.32. The number of carbonyl (C=O) groups excluding carboxylic acids is 2. The summed E-state index contributed by atoms with van der Waals surface area (Å²) >= 11 is 0. The molecule has 0 spiro atoms. The van der Waals surface area contributed by atoms with Crippen molar-refractivity contribution in [1.29, 1.82) is 0 Å². The number of esters is 2. The third kappa shape index (κ3) is 11.2. The third-order valence-corrected chi connectivity index (χ3v) is 8.76. The maximum Gasteiger partial charge on any atom is 0.336 e. The number of benzene rings is 1. The molecule has 0 fully saturated rings. The van der Waals surface area contributed by atoms with Gasteiger partial charge in [0.15, 0.2) is 17.6 Å². The molecule has 3 atom stereocenters. The number of unbranched alkanes of at least 4 members (excludes halogenated alkanes) is 3. The number of aromatic nitrogens is 4. The van der Waals surface area contributed by atoms with Gasteiger partial charge in [0, 0.05) is 6.42 Å². The molecule has 0 saturated heterocycles. The van der Waals surface area contributed by atoms with Crippen molar-refractivity contribution in [3.63, 3.8) is 0 Å². The van der Waals surface area contributed by atoms with Crippen LogP contribution in [0.5, 0.6) is 0 Å². The lowest BCUT2D eigenvalue weighted by atomic mass is 10.1. The van der Waals surface area contributed by atoms with Crippen molar-refractivity contribution in [2.45, 2.75) is 104 Å². The van der Waals surface area contributed by atoms with Gasteiger partial charge in [0.2, 0.25) is 0 Å². The van der Waals surface area contributed by atoms with E-state index in [0.29, 0.717) is 17.7 Å². The number of hydrogen-bond acceptors (Lipinski definition) is 11. The van der Waals surface area contributed by atoms with Crippen LogP contribution in [0.2, 0.25) is 0 Å². The van der Waals surface area contributed by atoms with Gasteiger partial charge in [-0.3, -0.25) is 9.36 Å². The van der Waals surface area contributed by atoms with Gasteiger partial charge in [-0.15, -0.1) is 0 Å². The van der Waals surface area contributed by atoms with Gasteiger partial charge in [0.1, 0.15) is 23.7 Å². The largest absolute Gasteiger partial charge is 0.464 e. The number of carbonyl (C=O) groups is 2. The van der Waals surface area contributed by atoms with Gasteiger partial charge in [-0.2, -0.15) is 0 Å². The van der Waals surface area contributed by atoms with Crippen LogP contribution in [-0.4, -0.2) is 68.3 Å². The third-order valence-electron chi connectivity index (χ3n) is 6.78. The van der Waals surface area contributed by atoms with Crippen LogP contribution in [0.4, 0.5) is 5.82 Å². The number of nitrogens with one attached hydrogen (secondary N) is 1. The van der Waals surface area contributed by atoms with E-state index in [4.69, 9.17) is 24.5 Å². The summed E-state index contributed by atoms with van der Waals surface area (Å²) in [5, 5.41) is 2.87. The Morgan fingerprint density at radius 2 is 1.80 bits per heavy atom. The van der Waals surface area contributed by atoms with Gasteiger partial charge in [-0.1, -0.05) is 56.5 Å². The van der Waals surface area contributed by atoms with Gasteiger partial charge in [-0.25, -0.2) is 24.8 Å². The number of nitrogens with two attached hydrogens (primary N) is 1. The zero-order valence-electron chi connectivity index (χ0n) is 27.1. The molecule has 3 rings (SSSR count). The molecule has 0 aliphatic carbocycles. The quantitative estimate of drug-likeness (QED) is 0.101. The summed E-state index contributed by atoms with van der Waals surface area (Å²) in [6.07, 6.45) is 4.15. The fraction of sp³-hybridized carbons (Fsp3) is 0.581. The van der Waals surface area contributed by atoms with E-state index >= 15 is 0 Å². The second kappa shape index (κ2) is 16.8. The maximum absolute atomic E-state index is 14.6. The second-order valence-corrected chi connectivity index (χ2v) is 13.9. The Morgan fingerprint density at radius 1 is 1.07 bits per heavy atom. The predicted octanol–water partition coefficient (Wildman–Crippen LogP) is 5.04. The first-order valence-corrected chi connectivity index (χ1v) is 17.2. The van der Waals surface area contributed by atoms with E-state index in [0.717, 1.165) is 31.2 Å². The van der Waals surface area contributed by atoms with Crippen molar-refractivity contribution in [1.82, 2.24) is 24.6 Å². The van der Waals surface area contributed by atoms with Crippen molar-refractivity contribution in [3.05, 3.63) is 48.5 Å². The first-order chi connectivity index (χ1) is 21.3. The Bertz CT molecular complexity index is 1430. The molecule has 0 bridgehead atoms. The maximum atomic E-state index is 14.6. The van der Waals surface area contributed by atoms with Crippen molar-refractivity contribution in [3.8, 4) is 0 Å². The molecular formula is C31H47N6O7P. The number of nitrogens with zero attached hydrogens (tertiary/aromatic N) is 4. The molecule has 0 aliphatic heterocycles. The standard InChI is InChI=1S/C31H47N6O7P/c1-7-8-9-13-16-41-30(39)31(5,6)36-45(40,44-25(29(38)43-22(2)3)17-24-14-11-10-12-15-24)21-42-23(4)18-37-20-35-26-27(32)33-19-34-28(26)37/h10-12,14-15,19-20,22-23,25H,7-9,13,16-18,21H2,1-6H3,(H,36,40)(H2,32,33,34). The molecular weight excluding hydrogens is 599 g/mol. The van der Waals surface area contributed by atoms with Crippen LogP contribution in [0.3, 0.4) is 0 Å². The summed E-state index contributed by atoms with van der Waals surface area (Å²) < 4.78 is 39.4. The fourth-order valence-corrected chi connectivity index (χ4v) is 6.67. The Labute approximate surface area is 265 Å². The Kier molecular flexibility index (Phi) is 13.5. The first-order valence-electron chi connectivity index (χ1n) is 15.3. The minimum atomic E-state index is -4.08. The van der Waals surface area contributed by atoms with Gasteiger partial charge in [0.25, 0.3) is 7.52 Å². The highest BCUT2D eigenvalue weighted by Gasteiger charge is 2.41. The summed E-state index contributed by atoms with van der Waals surface area (Å²) in [6, 6.07) is 9.19. The van der Waals surface area contributed by atoms with Crippen LogP contribution in [0.25, 0.3) is 11.2 Å². The molecule has 3 aromatic rings. The Balaban J connectivity index is 1.82. The number of fused-ring (bicyclic) bond motifs is 1. The zero-order chi connectivity index (χ0) is 33.0. The lowest BCUT2D eigenvalue weighted by molar-refractivity contribution is -0.156. The van der Waals surface area contributed by atoms with E-state index in [2.05, 4.69) is 27.0 Å². The molecule has 1 aromatic carbocycles. The highest BCUT2D eigenvalue weighted by molar-refractivity contribution is 7.56. The predicted molar refractivity (Wildman–Crippen MR) is 171 cm³/mol. The summed E-state index contributed by atoms with van der Waals surface area (Å²) in [7, 11) is -4.08. The SMILES string of the molecule is CCCCCCOC(=O)C(C)(C)NP(=O)(COC(C)Cn1cnc2c(N)ncnc21)OC(Cc1ccccc1)C(=O)OC(C)C. The van der Waals surface area contributed by atoms with Crippen LogP contribution in [0.1, 0.15) is 72.8 Å². The monoisotopic (exact) mass is 646 g/mol. The molecule has 45 heavy (non-hydrogen) atoms. The highest BCUT2D eigenvalue weighted by atomic mass is 31.2. The molecule has 2 heterocycles. The minimum absolute atomic E-state index is 0.0953. The number of ether oxygens (including phenoxy) is 3. The molecule has 0 saturated carbocycles. The Hall–Kier alpha value is -3.38. The normalized spacial score (nSPS) is 14.6. The smallest absolute Gasteiger partial charge is 0.336 e. The van der Waals surface area contributed by atoms with Gasteiger partial charge >= 0.3 is 11.9 Å². The number of anilines is 1. The van der Waals surface area contributed by atoms with Crippen molar-refractivity contribution in [2.24, 2.45) is 0 Å².